The summed E-state index contributed by atoms with van der Waals surface area (Å²) in [6, 6.07) is 14.3. The molecule has 0 saturated carbocycles. The minimum absolute atomic E-state index is 0.240. The fraction of sp³-hybridized carbons (Fsp3) is 0.286. The lowest BCUT2D eigenvalue weighted by Crippen LogP contribution is -2.21. The number of ketones is 1. The number of benzene rings is 2. The summed E-state index contributed by atoms with van der Waals surface area (Å²) >= 11 is 0.655. The summed E-state index contributed by atoms with van der Waals surface area (Å²) in [6.07, 6.45) is -0.240. The van der Waals surface area contributed by atoms with Gasteiger partial charge in [0.2, 0.25) is 0 Å². The topological polar surface area (TPSA) is 80.7 Å². The predicted molar refractivity (Wildman–Crippen MR) is 106 cm³/mol. The summed E-state index contributed by atoms with van der Waals surface area (Å²) in [5, 5.41) is 7.73. The van der Waals surface area contributed by atoms with Crippen molar-refractivity contribution in [3.63, 3.8) is 0 Å². The van der Waals surface area contributed by atoms with Crippen molar-refractivity contribution in [3.8, 4) is 11.5 Å². The second-order valence-corrected chi connectivity index (χ2v) is 7.79. The lowest BCUT2D eigenvalue weighted by atomic mass is 10.0. The van der Waals surface area contributed by atoms with Crippen LogP contribution in [0.25, 0.3) is 0 Å². The number of carboxylic acids is 1. The van der Waals surface area contributed by atoms with Crippen LogP contribution < -0.4 is 4.74 Å². The number of hydrogen-bond acceptors (Lipinski definition) is 5. The van der Waals surface area contributed by atoms with E-state index in [2.05, 4.69) is 13.8 Å². The Morgan fingerprint density at radius 1 is 0.963 bits per heavy atom. The van der Waals surface area contributed by atoms with Gasteiger partial charge in [-0.05, 0) is 47.9 Å². The molecule has 0 aromatic heterocycles. The summed E-state index contributed by atoms with van der Waals surface area (Å²) < 4.78 is 5.77. The van der Waals surface area contributed by atoms with E-state index in [0.29, 0.717) is 34.7 Å². The zero-order valence-electron chi connectivity index (χ0n) is 15.5. The molecule has 0 heterocycles. The quantitative estimate of drug-likeness (QED) is 0.650. The number of thioether (sulfide) groups is 1. The number of Topliss-reactive ketones (excluding diaryl/α,β-unsaturated/α-hetero) is 1. The van der Waals surface area contributed by atoms with E-state index in [1.165, 1.54) is 12.5 Å². The Labute approximate surface area is 162 Å². The van der Waals surface area contributed by atoms with E-state index in [9.17, 15) is 14.4 Å². The summed E-state index contributed by atoms with van der Waals surface area (Å²) in [5.41, 5.74) is 1.60. The van der Waals surface area contributed by atoms with Gasteiger partial charge in [0.25, 0.3) is 0 Å². The van der Waals surface area contributed by atoms with Crippen LogP contribution in [0.4, 0.5) is 0 Å². The van der Waals surface area contributed by atoms with Crippen molar-refractivity contribution >= 4 is 28.6 Å². The van der Waals surface area contributed by atoms with E-state index in [1.54, 1.807) is 24.3 Å². The molecule has 0 spiro atoms. The number of carboxylic acid groups (broad SMARTS) is 1. The van der Waals surface area contributed by atoms with Crippen LogP contribution in [0.2, 0.25) is 0 Å². The highest BCUT2D eigenvalue weighted by Gasteiger charge is 2.24. The van der Waals surface area contributed by atoms with Crippen molar-refractivity contribution in [3.05, 3.63) is 59.7 Å². The van der Waals surface area contributed by atoms with E-state index in [0.717, 1.165) is 0 Å². The first kappa shape index (κ1) is 20.7. The average molecular weight is 386 g/mol. The first-order valence-corrected chi connectivity index (χ1v) is 9.45. The molecule has 0 radical (unpaired) electrons. The number of hydrogen-bond donors (Lipinski definition) is 1. The van der Waals surface area contributed by atoms with Crippen LogP contribution in [0, 0.1) is 0 Å². The Morgan fingerprint density at radius 3 is 1.93 bits per heavy atom. The Kier molecular flexibility index (Phi) is 7.19. The average Bonchev–Trinajstić information content (AvgIpc) is 2.61. The minimum Gasteiger partial charge on any atom is -0.480 e. The fourth-order valence-corrected chi connectivity index (χ4v) is 3.17. The zero-order valence-corrected chi connectivity index (χ0v) is 16.3. The molecular formula is C21H22O5S. The highest BCUT2D eigenvalue weighted by atomic mass is 32.2. The van der Waals surface area contributed by atoms with Gasteiger partial charge in [-0.25, -0.2) is 0 Å². The molecule has 0 aliphatic heterocycles. The molecule has 2 aromatic rings. The molecule has 5 nitrogen and oxygen atoms in total. The standard InChI is InChI=1S/C21H22O5S/c1-13(2)15-4-8-17(9-5-15)26-18-10-6-16(7-11-18)19(23)12-20(21(24)25)27-14(3)22/h4-11,13,20H,12H2,1-3H3,(H,24,25). The predicted octanol–water partition coefficient (Wildman–Crippen LogP) is 4.91. The number of ether oxygens (including phenoxy) is 1. The Bertz CT molecular complexity index is 809. The third-order valence-electron chi connectivity index (χ3n) is 3.91. The van der Waals surface area contributed by atoms with Crippen LogP contribution in [0.5, 0.6) is 11.5 Å². The van der Waals surface area contributed by atoms with Crippen LogP contribution in [0.1, 0.15) is 49.0 Å². The Hall–Kier alpha value is -2.60. The summed E-state index contributed by atoms with van der Waals surface area (Å²) in [7, 11) is 0. The molecule has 0 aliphatic rings. The van der Waals surface area contributed by atoms with Gasteiger partial charge in [-0.15, -0.1) is 0 Å². The number of rotatable bonds is 8. The van der Waals surface area contributed by atoms with Gasteiger partial charge in [0, 0.05) is 18.9 Å². The van der Waals surface area contributed by atoms with Crippen LogP contribution in [0.3, 0.4) is 0 Å². The van der Waals surface area contributed by atoms with Gasteiger partial charge < -0.3 is 9.84 Å². The van der Waals surface area contributed by atoms with Gasteiger partial charge in [-0.1, -0.05) is 37.7 Å². The monoisotopic (exact) mass is 386 g/mol. The molecular weight excluding hydrogens is 364 g/mol. The number of carbonyl (C=O) groups excluding carboxylic acids is 2. The van der Waals surface area contributed by atoms with Crippen LogP contribution >= 0.6 is 11.8 Å². The van der Waals surface area contributed by atoms with Crippen molar-refractivity contribution in [2.24, 2.45) is 0 Å². The van der Waals surface area contributed by atoms with Crippen LogP contribution in [-0.2, 0) is 9.59 Å². The van der Waals surface area contributed by atoms with Crippen molar-refractivity contribution in [2.75, 3.05) is 0 Å². The number of carbonyl (C=O) groups is 3. The normalized spacial score (nSPS) is 11.9. The Balaban J connectivity index is 2.02. The van der Waals surface area contributed by atoms with Gasteiger partial charge in [0.1, 0.15) is 16.7 Å². The largest absolute Gasteiger partial charge is 0.480 e. The molecule has 6 heteroatoms. The highest BCUT2D eigenvalue weighted by Crippen LogP contribution is 2.25. The lowest BCUT2D eigenvalue weighted by Gasteiger charge is -2.10. The molecule has 0 saturated heterocycles. The molecule has 1 atom stereocenters. The smallest absolute Gasteiger partial charge is 0.317 e. The van der Waals surface area contributed by atoms with E-state index >= 15 is 0 Å². The van der Waals surface area contributed by atoms with E-state index < -0.39 is 11.2 Å². The van der Waals surface area contributed by atoms with Gasteiger partial charge in [-0.3, -0.25) is 14.4 Å². The number of aliphatic carboxylic acids is 1. The molecule has 1 unspecified atom stereocenters. The second-order valence-electron chi connectivity index (χ2n) is 6.41. The molecule has 1 N–H and O–H groups in total. The summed E-state index contributed by atoms with van der Waals surface area (Å²) in [5.74, 6) is 0.219. The van der Waals surface area contributed by atoms with Crippen molar-refractivity contribution < 1.29 is 24.2 Å². The molecule has 0 amide bonds. The van der Waals surface area contributed by atoms with E-state index in [4.69, 9.17) is 9.84 Å². The van der Waals surface area contributed by atoms with E-state index in [-0.39, 0.29) is 17.3 Å². The van der Waals surface area contributed by atoms with Crippen LogP contribution in [-0.4, -0.2) is 27.2 Å². The fourth-order valence-electron chi connectivity index (χ4n) is 2.43. The first-order valence-electron chi connectivity index (χ1n) is 8.57. The minimum atomic E-state index is -1.17. The summed E-state index contributed by atoms with van der Waals surface area (Å²) in [6.45, 7) is 5.52. The van der Waals surface area contributed by atoms with Gasteiger partial charge in [-0.2, -0.15) is 0 Å². The van der Waals surface area contributed by atoms with Crippen molar-refractivity contribution in [1.82, 2.24) is 0 Å². The second kappa shape index (κ2) is 9.37. The zero-order chi connectivity index (χ0) is 20.0. The molecule has 0 fully saturated rings. The third kappa shape index (κ3) is 6.25. The maximum absolute atomic E-state index is 12.3. The maximum Gasteiger partial charge on any atom is 0.317 e. The van der Waals surface area contributed by atoms with Gasteiger partial charge in [0.05, 0.1) is 0 Å². The van der Waals surface area contributed by atoms with Crippen molar-refractivity contribution in [2.45, 2.75) is 38.4 Å². The highest BCUT2D eigenvalue weighted by molar-refractivity contribution is 8.14. The summed E-state index contributed by atoms with van der Waals surface area (Å²) in [4.78, 5) is 34.6. The van der Waals surface area contributed by atoms with Gasteiger partial charge >= 0.3 is 5.97 Å². The molecule has 2 aromatic carbocycles. The third-order valence-corrected chi connectivity index (χ3v) is 4.90. The molecule has 2 rings (SSSR count). The first-order chi connectivity index (χ1) is 12.8. The van der Waals surface area contributed by atoms with Crippen molar-refractivity contribution in [1.29, 1.82) is 0 Å². The SMILES string of the molecule is CC(=O)SC(CC(=O)c1ccc(Oc2ccc(C(C)C)cc2)cc1)C(=O)O. The van der Waals surface area contributed by atoms with Gasteiger partial charge in [0.15, 0.2) is 10.9 Å². The lowest BCUT2D eigenvalue weighted by molar-refractivity contribution is -0.136. The Morgan fingerprint density at radius 2 is 1.48 bits per heavy atom. The molecule has 0 aliphatic carbocycles. The molecule has 27 heavy (non-hydrogen) atoms. The molecule has 0 bridgehead atoms. The van der Waals surface area contributed by atoms with E-state index in [1.807, 2.05) is 24.3 Å². The molecule has 142 valence electrons. The maximum atomic E-state index is 12.3. The van der Waals surface area contributed by atoms with Crippen LogP contribution in [0.15, 0.2) is 48.5 Å².